The molecule has 0 aliphatic rings. The highest BCUT2D eigenvalue weighted by atomic mass is 32.2. The number of hydrogen-bond donors (Lipinski definition) is 2. The molecule has 0 aliphatic carbocycles. The number of aromatic nitrogens is 1. The second-order valence-electron chi connectivity index (χ2n) is 8.65. The molecule has 1 aromatic heterocycles. The average molecular weight is 536 g/mol. The van der Waals surface area contributed by atoms with Crippen LogP contribution in [0.15, 0.2) is 119 Å². The Morgan fingerprint density at radius 1 is 0.816 bits per heavy atom. The van der Waals surface area contributed by atoms with Crippen LogP contribution in [0.5, 0.6) is 0 Å². The Hall–Kier alpha value is -4.20. The minimum Gasteiger partial charge on any atom is -0.322 e. The summed E-state index contributed by atoms with van der Waals surface area (Å²) in [5, 5.41) is 7.96. The third kappa shape index (κ3) is 6.37. The summed E-state index contributed by atoms with van der Waals surface area (Å²) < 4.78 is 0. The smallest absolute Gasteiger partial charge is 0.255 e. The van der Waals surface area contributed by atoms with Gasteiger partial charge in [0.15, 0.2) is 5.13 Å². The molecule has 2 N–H and O–H groups in total. The molecule has 188 valence electrons. The van der Waals surface area contributed by atoms with E-state index in [1.807, 2.05) is 115 Å². The number of nitrogens with one attached hydrogen (secondary N) is 2. The molecule has 0 aliphatic heterocycles. The van der Waals surface area contributed by atoms with Crippen molar-refractivity contribution >= 4 is 45.7 Å². The second kappa shape index (κ2) is 11.9. The largest absolute Gasteiger partial charge is 0.322 e. The van der Waals surface area contributed by atoms with Crippen LogP contribution in [0, 0.1) is 6.92 Å². The van der Waals surface area contributed by atoms with Crippen molar-refractivity contribution in [1.82, 2.24) is 4.98 Å². The fourth-order valence-corrected chi connectivity index (χ4v) is 5.63. The molecule has 0 saturated carbocycles. The molecule has 4 aromatic carbocycles. The first-order chi connectivity index (χ1) is 18.5. The van der Waals surface area contributed by atoms with Crippen LogP contribution in [-0.4, -0.2) is 16.8 Å². The van der Waals surface area contributed by atoms with E-state index >= 15 is 0 Å². The molecule has 0 bridgehead atoms. The van der Waals surface area contributed by atoms with Gasteiger partial charge in [0.2, 0.25) is 5.91 Å². The van der Waals surface area contributed by atoms with Crippen LogP contribution in [0.1, 0.15) is 26.7 Å². The normalized spacial score (nSPS) is 11.5. The molecule has 0 fully saturated rings. The van der Waals surface area contributed by atoms with Gasteiger partial charge in [0, 0.05) is 27.1 Å². The lowest BCUT2D eigenvalue weighted by Crippen LogP contribution is -2.19. The molecule has 2 amide bonds. The van der Waals surface area contributed by atoms with Crippen LogP contribution in [0.3, 0.4) is 0 Å². The zero-order chi connectivity index (χ0) is 26.3. The summed E-state index contributed by atoms with van der Waals surface area (Å²) in [6, 6.07) is 34.6. The Bertz CT molecular complexity index is 1530. The summed E-state index contributed by atoms with van der Waals surface area (Å²) in [7, 11) is 0. The second-order valence-corrected chi connectivity index (χ2v) is 10.7. The van der Waals surface area contributed by atoms with Crippen molar-refractivity contribution in [2.75, 3.05) is 10.6 Å². The molecule has 5 aromatic rings. The highest BCUT2D eigenvalue weighted by molar-refractivity contribution is 8.00. The van der Waals surface area contributed by atoms with Crippen molar-refractivity contribution in [3.05, 3.63) is 131 Å². The lowest BCUT2D eigenvalue weighted by atomic mass is 10.1. The van der Waals surface area contributed by atoms with Crippen molar-refractivity contribution in [3.63, 3.8) is 0 Å². The number of carbonyl (C=O) groups excluding carboxylic acids is 2. The molecule has 0 saturated heterocycles. The van der Waals surface area contributed by atoms with Crippen LogP contribution in [0.2, 0.25) is 0 Å². The number of thioether (sulfide) groups is 1. The van der Waals surface area contributed by atoms with Crippen molar-refractivity contribution in [2.24, 2.45) is 0 Å². The number of rotatable bonds is 8. The van der Waals surface area contributed by atoms with Crippen molar-refractivity contribution in [2.45, 2.75) is 17.1 Å². The fraction of sp³-hybridized carbons (Fsp3) is 0.0645. The summed E-state index contributed by atoms with van der Waals surface area (Å²) >= 11 is 2.86. The molecule has 1 atom stereocenters. The molecule has 1 unspecified atom stereocenters. The zero-order valence-corrected chi connectivity index (χ0v) is 22.3. The SMILES string of the molecule is Cc1cccc(C(=O)Nc2ccc(SC(C(=O)Nc3nc(-c4ccccc4)cs3)c3ccccc3)cc2)c1. The first-order valence-corrected chi connectivity index (χ1v) is 13.8. The van der Waals surface area contributed by atoms with Gasteiger partial charge in [-0.1, -0.05) is 78.4 Å². The molecule has 0 spiro atoms. The topological polar surface area (TPSA) is 71.1 Å². The van der Waals surface area contributed by atoms with E-state index in [2.05, 4.69) is 15.6 Å². The lowest BCUT2D eigenvalue weighted by molar-refractivity contribution is -0.115. The summed E-state index contributed by atoms with van der Waals surface area (Å²) in [5.41, 5.74) is 5.07. The maximum absolute atomic E-state index is 13.4. The minimum atomic E-state index is -0.479. The van der Waals surface area contributed by atoms with Gasteiger partial charge in [-0.15, -0.1) is 23.1 Å². The van der Waals surface area contributed by atoms with Gasteiger partial charge in [0.05, 0.1) is 5.69 Å². The third-order valence-electron chi connectivity index (χ3n) is 5.79. The van der Waals surface area contributed by atoms with Crippen LogP contribution in [0.25, 0.3) is 11.3 Å². The number of amides is 2. The Balaban J connectivity index is 1.29. The quantitative estimate of drug-likeness (QED) is 0.199. The van der Waals surface area contributed by atoms with Gasteiger partial charge in [0.25, 0.3) is 5.91 Å². The molecule has 38 heavy (non-hydrogen) atoms. The third-order valence-corrected chi connectivity index (χ3v) is 7.81. The number of carbonyl (C=O) groups is 2. The van der Waals surface area contributed by atoms with E-state index in [0.717, 1.165) is 27.3 Å². The van der Waals surface area contributed by atoms with E-state index in [-0.39, 0.29) is 11.8 Å². The predicted octanol–water partition coefficient (Wildman–Crippen LogP) is 7.84. The van der Waals surface area contributed by atoms with Crippen LogP contribution >= 0.6 is 23.1 Å². The lowest BCUT2D eigenvalue weighted by Gasteiger charge is -2.16. The number of thiazole rings is 1. The average Bonchev–Trinajstić information content (AvgIpc) is 3.42. The molecular formula is C31H25N3O2S2. The Morgan fingerprint density at radius 2 is 1.53 bits per heavy atom. The molecule has 0 radical (unpaired) electrons. The van der Waals surface area contributed by atoms with E-state index in [1.54, 1.807) is 6.07 Å². The first-order valence-electron chi connectivity index (χ1n) is 12.1. The highest BCUT2D eigenvalue weighted by Crippen LogP contribution is 2.37. The van der Waals surface area contributed by atoms with Gasteiger partial charge in [-0.25, -0.2) is 4.98 Å². The van der Waals surface area contributed by atoms with E-state index in [1.165, 1.54) is 23.1 Å². The van der Waals surface area contributed by atoms with Crippen LogP contribution in [0.4, 0.5) is 10.8 Å². The maximum atomic E-state index is 13.4. The summed E-state index contributed by atoms with van der Waals surface area (Å²) in [6.45, 7) is 1.96. The standard InChI is InChI=1S/C31H25N3O2S2/c1-21-9-8-14-24(19-21)29(35)32-25-15-17-26(18-16-25)38-28(23-12-6-3-7-13-23)30(36)34-31-33-27(20-37-31)22-10-4-2-5-11-22/h2-20,28H,1H3,(H,32,35)(H,33,34,36). The summed E-state index contributed by atoms with van der Waals surface area (Å²) in [6.07, 6.45) is 0. The van der Waals surface area contributed by atoms with Gasteiger partial charge < -0.3 is 10.6 Å². The Morgan fingerprint density at radius 3 is 2.24 bits per heavy atom. The van der Waals surface area contributed by atoms with Crippen molar-refractivity contribution in [3.8, 4) is 11.3 Å². The van der Waals surface area contributed by atoms with Gasteiger partial charge >= 0.3 is 0 Å². The van der Waals surface area contributed by atoms with E-state index in [4.69, 9.17) is 0 Å². The molecule has 5 rings (SSSR count). The number of benzene rings is 4. The fourth-order valence-electron chi connectivity index (χ4n) is 3.89. The van der Waals surface area contributed by atoms with Crippen LogP contribution in [-0.2, 0) is 4.79 Å². The molecule has 7 heteroatoms. The minimum absolute atomic E-state index is 0.146. The van der Waals surface area contributed by atoms with Gasteiger partial charge in [-0.2, -0.15) is 0 Å². The number of anilines is 2. The van der Waals surface area contributed by atoms with E-state index in [0.29, 0.717) is 16.4 Å². The summed E-state index contributed by atoms with van der Waals surface area (Å²) in [5.74, 6) is -0.305. The van der Waals surface area contributed by atoms with Gasteiger partial charge in [0.1, 0.15) is 5.25 Å². The molecule has 5 nitrogen and oxygen atoms in total. The van der Waals surface area contributed by atoms with Crippen molar-refractivity contribution < 1.29 is 9.59 Å². The van der Waals surface area contributed by atoms with E-state index < -0.39 is 5.25 Å². The van der Waals surface area contributed by atoms with E-state index in [9.17, 15) is 9.59 Å². The van der Waals surface area contributed by atoms with Crippen molar-refractivity contribution in [1.29, 1.82) is 0 Å². The van der Waals surface area contributed by atoms with Crippen LogP contribution < -0.4 is 10.6 Å². The first kappa shape index (κ1) is 25.4. The number of nitrogens with zero attached hydrogens (tertiary/aromatic N) is 1. The monoisotopic (exact) mass is 535 g/mol. The zero-order valence-electron chi connectivity index (χ0n) is 20.6. The van der Waals surface area contributed by atoms with Gasteiger partial charge in [-0.3, -0.25) is 9.59 Å². The Labute approximate surface area is 230 Å². The predicted molar refractivity (Wildman–Crippen MR) is 157 cm³/mol. The molecular weight excluding hydrogens is 510 g/mol. The molecule has 1 heterocycles. The maximum Gasteiger partial charge on any atom is 0.255 e. The summed E-state index contributed by atoms with van der Waals surface area (Å²) in [4.78, 5) is 31.6. The Kier molecular flexibility index (Phi) is 7.97. The number of aryl methyl sites for hydroxylation is 1. The highest BCUT2D eigenvalue weighted by Gasteiger charge is 2.23. The number of hydrogen-bond acceptors (Lipinski definition) is 5. The van der Waals surface area contributed by atoms with Gasteiger partial charge in [-0.05, 0) is 48.9 Å².